The maximum absolute atomic E-state index is 4.51. The van der Waals surface area contributed by atoms with Gasteiger partial charge in [-0.05, 0) is 38.4 Å². The molecule has 0 saturated carbocycles. The van der Waals surface area contributed by atoms with Gasteiger partial charge in [0, 0.05) is 11.8 Å². The van der Waals surface area contributed by atoms with E-state index in [1.165, 1.54) is 25.9 Å². The lowest BCUT2D eigenvalue weighted by molar-refractivity contribution is 0.142. The predicted octanol–water partition coefficient (Wildman–Crippen LogP) is 1.80. The van der Waals surface area contributed by atoms with Crippen molar-refractivity contribution in [2.45, 2.75) is 31.9 Å². The zero-order valence-electron chi connectivity index (χ0n) is 10.6. The molecule has 16 heavy (non-hydrogen) atoms. The standard InChI is InChI=1S/C12H23N3S/c1-10-8-13-11(16-10)14-9-12(2)4-6-15(3)7-5-12/h10H,4-9H2,1-3H3,(H,13,14). The fraction of sp³-hybridized carbons (Fsp3) is 0.917. The second kappa shape index (κ2) is 4.96. The molecule has 0 amide bonds. The van der Waals surface area contributed by atoms with Crippen LogP contribution in [0, 0.1) is 5.41 Å². The van der Waals surface area contributed by atoms with Crippen LogP contribution < -0.4 is 5.32 Å². The molecule has 1 saturated heterocycles. The Morgan fingerprint density at radius 2 is 2.19 bits per heavy atom. The number of likely N-dealkylation sites (tertiary alicyclic amines) is 1. The van der Waals surface area contributed by atoms with Gasteiger partial charge in [-0.25, -0.2) is 0 Å². The summed E-state index contributed by atoms with van der Waals surface area (Å²) in [6, 6.07) is 0. The lowest BCUT2D eigenvalue weighted by Crippen LogP contribution is -2.42. The van der Waals surface area contributed by atoms with Gasteiger partial charge in [-0.1, -0.05) is 25.6 Å². The van der Waals surface area contributed by atoms with E-state index in [-0.39, 0.29) is 0 Å². The summed E-state index contributed by atoms with van der Waals surface area (Å²) in [5.74, 6) is 0. The van der Waals surface area contributed by atoms with Crippen LogP contribution in [-0.2, 0) is 0 Å². The molecular formula is C12H23N3S. The minimum Gasteiger partial charge on any atom is -0.364 e. The molecule has 0 radical (unpaired) electrons. The summed E-state index contributed by atoms with van der Waals surface area (Å²) in [6.07, 6.45) is 2.59. The van der Waals surface area contributed by atoms with E-state index in [4.69, 9.17) is 0 Å². The topological polar surface area (TPSA) is 27.6 Å². The summed E-state index contributed by atoms with van der Waals surface area (Å²) >= 11 is 1.88. The summed E-state index contributed by atoms with van der Waals surface area (Å²) in [5, 5.41) is 5.35. The first-order chi connectivity index (χ1) is 7.57. The summed E-state index contributed by atoms with van der Waals surface area (Å²) < 4.78 is 0. The second-order valence-corrected chi connectivity index (χ2v) is 6.97. The molecular weight excluding hydrogens is 218 g/mol. The molecule has 0 aromatic heterocycles. The third-order valence-electron chi connectivity index (χ3n) is 3.67. The maximum atomic E-state index is 4.51. The van der Waals surface area contributed by atoms with Gasteiger partial charge in [-0.3, -0.25) is 4.99 Å². The normalized spacial score (nSPS) is 30.2. The Kier molecular flexibility index (Phi) is 3.80. The SMILES string of the molecule is CC1CN=C(NCC2(C)CCN(C)CC2)S1. The number of amidine groups is 1. The molecule has 3 nitrogen and oxygen atoms in total. The Labute approximate surface area is 103 Å². The Morgan fingerprint density at radius 1 is 1.50 bits per heavy atom. The first-order valence-corrected chi connectivity index (χ1v) is 7.09. The summed E-state index contributed by atoms with van der Waals surface area (Å²) in [6.45, 7) is 9.16. The monoisotopic (exact) mass is 241 g/mol. The number of hydrogen-bond donors (Lipinski definition) is 1. The largest absolute Gasteiger partial charge is 0.364 e. The smallest absolute Gasteiger partial charge is 0.156 e. The van der Waals surface area contributed by atoms with Crippen molar-refractivity contribution in [3.05, 3.63) is 0 Å². The van der Waals surface area contributed by atoms with Crippen LogP contribution in [0.25, 0.3) is 0 Å². The van der Waals surface area contributed by atoms with Crippen molar-refractivity contribution in [1.82, 2.24) is 10.2 Å². The molecule has 0 aromatic rings. The first kappa shape index (κ1) is 12.2. The van der Waals surface area contributed by atoms with Crippen molar-refractivity contribution in [3.8, 4) is 0 Å². The molecule has 4 heteroatoms. The molecule has 0 bridgehead atoms. The Bertz CT molecular complexity index is 269. The van der Waals surface area contributed by atoms with Crippen LogP contribution in [0.5, 0.6) is 0 Å². The van der Waals surface area contributed by atoms with Gasteiger partial charge in [-0.2, -0.15) is 0 Å². The van der Waals surface area contributed by atoms with Gasteiger partial charge < -0.3 is 10.2 Å². The van der Waals surface area contributed by atoms with Crippen LogP contribution >= 0.6 is 11.8 Å². The van der Waals surface area contributed by atoms with Gasteiger partial charge in [0.1, 0.15) is 0 Å². The lowest BCUT2D eigenvalue weighted by atomic mass is 9.80. The van der Waals surface area contributed by atoms with E-state index in [2.05, 4.69) is 36.1 Å². The Morgan fingerprint density at radius 3 is 2.75 bits per heavy atom. The van der Waals surface area contributed by atoms with Crippen molar-refractivity contribution < 1.29 is 0 Å². The highest BCUT2D eigenvalue weighted by Crippen LogP contribution is 2.30. The summed E-state index contributed by atoms with van der Waals surface area (Å²) in [5.41, 5.74) is 0.460. The zero-order chi connectivity index (χ0) is 11.6. The van der Waals surface area contributed by atoms with Crippen molar-refractivity contribution in [1.29, 1.82) is 0 Å². The van der Waals surface area contributed by atoms with Crippen LogP contribution in [0.3, 0.4) is 0 Å². The van der Waals surface area contributed by atoms with E-state index >= 15 is 0 Å². The molecule has 2 heterocycles. The minimum atomic E-state index is 0.460. The minimum absolute atomic E-state index is 0.460. The van der Waals surface area contributed by atoms with E-state index in [1.54, 1.807) is 0 Å². The van der Waals surface area contributed by atoms with E-state index in [0.717, 1.165) is 18.3 Å². The van der Waals surface area contributed by atoms with Crippen molar-refractivity contribution >= 4 is 16.9 Å². The average molecular weight is 241 g/mol. The van der Waals surface area contributed by atoms with Crippen molar-refractivity contribution in [3.63, 3.8) is 0 Å². The fourth-order valence-electron chi connectivity index (χ4n) is 2.20. The van der Waals surface area contributed by atoms with E-state index in [1.807, 2.05) is 11.8 Å². The highest BCUT2D eigenvalue weighted by atomic mass is 32.2. The van der Waals surface area contributed by atoms with Crippen LogP contribution in [0.4, 0.5) is 0 Å². The van der Waals surface area contributed by atoms with Crippen LogP contribution in [0.2, 0.25) is 0 Å². The number of nitrogens with one attached hydrogen (secondary N) is 1. The highest BCUT2D eigenvalue weighted by molar-refractivity contribution is 8.14. The van der Waals surface area contributed by atoms with Crippen molar-refractivity contribution in [2.75, 3.05) is 33.2 Å². The van der Waals surface area contributed by atoms with Gasteiger partial charge >= 0.3 is 0 Å². The third kappa shape index (κ3) is 3.14. The molecule has 0 aliphatic carbocycles. The molecule has 0 spiro atoms. The molecule has 1 N–H and O–H groups in total. The van der Waals surface area contributed by atoms with Crippen molar-refractivity contribution in [2.24, 2.45) is 10.4 Å². The number of piperidine rings is 1. The number of thioether (sulfide) groups is 1. The second-order valence-electron chi connectivity index (χ2n) is 5.54. The van der Waals surface area contributed by atoms with E-state index < -0.39 is 0 Å². The Balaban J connectivity index is 1.77. The maximum Gasteiger partial charge on any atom is 0.156 e. The number of rotatable bonds is 2. The lowest BCUT2D eigenvalue weighted by Gasteiger charge is -2.38. The summed E-state index contributed by atoms with van der Waals surface area (Å²) in [7, 11) is 2.21. The Hall–Kier alpha value is -0.220. The average Bonchev–Trinajstić information content (AvgIpc) is 2.67. The van der Waals surface area contributed by atoms with E-state index in [9.17, 15) is 0 Å². The van der Waals surface area contributed by atoms with Gasteiger partial charge in [-0.15, -0.1) is 0 Å². The number of nitrogens with zero attached hydrogens (tertiary/aromatic N) is 2. The molecule has 1 fully saturated rings. The molecule has 2 rings (SSSR count). The molecule has 0 aromatic carbocycles. The number of hydrogen-bond acceptors (Lipinski definition) is 4. The first-order valence-electron chi connectivity index (χ1n) is 6.21. The van der Waals surface area contributed by atoms with E-state index in [0.29, 0.717) is 10.7 Å². The quantitative estimate of drug-likeness (QED) is 0.799. The number of aliphatic imine (C=N–C) groups is 1. The molecule has 1 atom stereocenters. The van der Waals surface area contributed by atoms with Crippen LogP contribution in [0.15, 0.2) is 4.99 Å². The van der Waals surface area contributed by atoms with Gasteiger partial charge in [0.2, 0.25) is 0 Å². The van der Waals surface area contributed by atoms with Crippen LogP contribution in [0.1, 0.15) is 26.7 Å². The van der Waals surface area contributed by atoms with Gasteiger partial charge in [0.15, 0.2) is 5.17 Å². The van der Waals surface area contributed by atoms with Gasteiger partial charge in [0.05, 0.1) is 6.54 Å². The zero-order valence-corrected chi connectivity index (χ0v) is 11.4. The fourth-order valence-corrected chi connectivity index (χ4v) is 3.03. The molecule has 1 unspecified atom stereocenters. The molecule has 2 aliphatic heterocycles. The third-order valence-corrected chi connectivity index (χ3v) is 4.71. The predicted molar refractivity (Wildman–Crippen MR) is 72.2 cm³/mol. The molecule has 2 aliphatic rings. The summed E-state index contributed by atoms with van der Waals surface area (Å²) in [4.78, 5) is 6.93. The van der Waals surface area contributed by atoms with Crippen LogP contribution in [-0.4, -0.2) is 48.5 Å². The highest BCUT2D eigenvalue weighted by Gasteiger charge is 2.29. The van der Waals surface area contributed by atoms with Gasteiger partial charge in [0.25, 0.3) is 0 Å². The molecule has 92 valence electrons.